The average Bonchev–Trinajstić information content (AvgIpc) is 2.50. The van der Waals surface area contributed by atoms with Gasteiger partial charge in [0, 0.05) is 19.1 Å². The molecule has 1 aromatic rings. The van der Waals surface area contributed by atoms with Crippen molar-refractivity contribution in [3.63, 3.8) is 0 Å². The van der Waals surface area contributed by atoms with Gasteiger partial charge >= 0.3 is 0 Å². The zero-order valence-electron chi connectivity index (χ0n) is 12.6. The molecule has 1 aromatic carbocycles. The molecule has 0 unspecified atom stereocenters. The molecule has 0 radical (unpaired) electrons. The zero-order valence-corrected chi connectivity index (χ0v) is 13.4. The second kappa shape index (κ2) is 7.19. The highest BCUT2D eigenvalue weighted by atomic mass is 32.2. The van der Waals surface area contributed by atoms with Crippen LogP contribution in [0.5, 0.6) is 0 Å². The lowest BCUT2D eigenvalue weighted by Crippen LogP contribution is -2.47. The summed E-state index contributed by atoms with van der Waals surface area (Å²) in [6, 6.07) is 6.14. The number of piperidine rings is 1. The summed E-state index contributed by atoms with van der Waals surface area (Å²) in [5.41, 5.74) is 0.367. The van der Waals surface area contributed by atoms with Gasteiger partial charge in [0.2, 0.25) is 15.9 Å². The van der Waals surface area contributed by atoms with Crippen LogP contribution in [0.2, 0.25) is 0 Å². The van der Waals surface area contributed by atoms with E-state index < -0.39 is 10.0 Å². The molecule has 7 heteroatoms. The minimum atomic E-state index is -3.16. The summed E-state index contributed by atoms with van der Waals surface area (Å²) in [7, 11) is -3.16. The molecule has 5 nitrogen and oxygen atoms in total. The second-order valence-electron chi connectivity index (χ2n) is 5.41. The zero-order chi connectivity index (χ0) is 16.2. The number of hydrogen-bond donors (Lipinski definition) is 1. The first-order chi connectivity index (χ1) is 10.4. The number of sulfonamides is 1. The van der Waals surface area contributed by atoms with Crippen molar-refractivity contribution in [3.8, 4) is 0 Å². The van der Waals surface area contributed by atoms with E-state index in [-0.39, 0.29) is 29.9 Å². The van der Waals surface area contributed by atoms with E-state index in [4.69, 9.17) is 0 Å². The van der Waals surface area contributed by atoms with Crippen LogP contribution in [-0.4, -0.2) is 43.5 Å². The molecule has 1 aliphatic heterocycles. The Labute approximate surface area is 130 Å². The van der Waals surface area contributed by atoms with Gasteiger partial charge in [0.25, 0.3) is 0 Å². The molecular weight excluding hydrogens is 307 g/mol. The first kappa shape index (κ1) is 16.9. The Morgan fingerprint density at radius 1 is 1.32 bits per heavy atom. The quantitative estimate of drug-likeness (QED) is 0.886. The molecule has 1 fully saturated rings. The highest BCUT2D eigenvalue weighted by molar-refractivity contribution is 7.89. The van der Waals surface area contributed by atoms with Crippen molar-refractivity contribution in [3.05, 3.63) is 35.6 Å². The number of carbonyl (C=O) groups is 1. The molecule has 1 aliphatic rings. The summed E-state index contributed by atoms with van der Waals surface area (Å²) in [4.78, 5) is 12.0. The lowest BCUT2D eigenvalue weighted by molar-refractivity contribution is -0.121. The van der Waals surface area contributed by atoms with E-state index in [1.807, 2.05) is 0 Å². The van der Waals surface area contributed by atoms with Gasteiger partial charge in [-0.25, -0.2) is 17.1 Å². The Hall–Kier alpha value is -1.47. The highest BCUT2D eigenvalue weighted by Gasteiger charge is 2.27. The third-order valence-electron chi connectivity index (χ3n) is 3.89. The van der Waals surface area contributed by atoms with E-state index in [1.54, 1.807) is 25.1 Å². The van der Waals surface area contributed by atoms with Gasteiger partial charge in [0.1, 0.15) is 5.82 Å². The highest BCUT2D eigenvalue weighted by Crippen LogP contribution is 2.15. The first-order valence-electron chi connectivity index (χ1n) is 7.43. The maximum atomic E-state index is 13.5. The van der Waals surface area contributed by atoms with Crippen LogP contribution in [-0.2, 0) is 21.2 Å². The Kier molecular flexibility index (Phi) is 5.52. The topological polar surface area (TPSA) is 66.5 Å². The Morgan fingerprint density at radius 3 is 2.55 bits per heavy atom. The molecule has 0 spiro atoms. The van der Waals surface area contributed by atoms with Crippen molar-refractivity contribution in [2.75, 3.05) is 18.8 Å². The van der Waals surface area contributed by atoms with Crippen molar-refractivity contribution >= 4 is 15.9 Å². The van der Waals surface area contributed by atoms with E-state index in [0.717, 1.165) is 0 Å². The Balaban J connectivity index is 1.84. The van der Waals surface area contributed by atoms with Gasteiger partial charge < -0.3 is 5.32 Å². The van der Waals surface area contributed by atoms with Gasteiger partial charge in [-0.1, -0.05) is 18.2 Å². The molecule has 1 saturated heterocycles. The molecule has 1 N–H and O–H groups in total. The van der Waals surface area contributed by atoms with Crippen LogP contribution in [0.15, 0.2) is 24.3 Å². The largest absolute Gasteiger partial charge is 0.353 e. The SMILES string of the molecule is CCS(=O)(=O)N1CCC(NC(=O)Cc2ccccc2F)CC1. The fourth-order valence-electron chi connectivity index (χ4n) is 2.55. The number of benzene rings is 1. The molecular formula is C15H21FN2O3S. The Morgan fingerprint density at radius 2 is 1.95 bits per heavy atom. The standard InChI is InChI=1S/C15H21FN2O3S/c1-2-22(20,21)18-9-7-13(8-10-18)17-15(19)11-12-5-3-4-6-14(12)16/h3-6,13H,2,7-11H2,1H3,(H,17,19). The van der Waals surface area contributed by atoms with E-state index in [1.165, 1.54) is 10.4 Å². The van der Waals surface area contributed by atoms with Crippen LogP contribution in [0.4, 0.5) is 4.39 Å². The molecule has 1 heterocycles. The normalized spacial score (nSPS) is 17.4. The molecule has 0 bridgehead atoms. The monoisotopic (exact) mass is 328 g/mol. The van der Waals surface area contributed by atoms with E-state index in [2.05, 4.69) is 5.32 Å². The van der Waals surface area contributed by atoms with Gasteiger partial charge in [0.15, 0.2) is 0 Å². The minimum absolute atomic E-state index is 0.000145. The third kappa shape index (κ3) is 4.27. The molecule has 0 atom stereocenters. The number of amides is 1. The minimum Gasteiger partial charge on any atom is -0.353 e. The van der Waals surface area contributed by atoms with Crippen LogP contribution < -0.4 is 5.32 Å². The molecule has 122 valence electrons. The van der Waals surface area contributed by atoms with Gasteiger partial charge in [0.05, 0.1) is 12.2 Å². The molecule has 1 amide bonds. The van der Waals surface area contributed by atoms with Gasteiger partial charge in [-0.05, 0) is 31.4 Å². The summed E-state index contributed by atoms with van der Waals surface area (Å²) in [6.07, 6.45) is 1.17. The van der Waals surface area contributed by atoms with Crippen LogP contribution in [0.3, 0.4) is 0 Å². The summed E-state index contributed by atoms with van der Waals surface area (Å²) in [5.74, 6) is -0.527. The lowest BCUT2D eigenvalue weighted by Gasteiger charge is -2.31. The first-order valence-corrected chi connectivity index (χ1v) is 9.04. The van der Waals surface area contributed by atoms with Gasteiger partial charge in [-0.2, -0.15) is 0 Å². The number of hydrogen-bond acceptors (Lipinski definition) is 3. The maximum Gasteiger partial charge on any atom is 0.224 e. The smallest absolute Gasteiger partial charge is 0.224 e. The van der Waals surface area contributed by atoms with Crippen molar-refractivity contribution in [2.24, 2.45) is 0 Å². The number of nitrogens with zero attached hydrogens (tertiary/aromatic N) is 1. The predicted octanol–water partition coefficient (Wildman–Crippen LogP) is 1.30. The lowest BCUT2D eigenvalue weighted by atomic mass is 10.1. The second-order valence-corrected chi connectivity index (χ2v) is 7.67. The summed E-state index contributed by atoms with van der Waals surface area (Å²) < 4.78 is 38.5. The van der Waals surface area contributed by atoms with Crippen LogP contribution in [0, 0.1) is 5.82 Å². The predicted molar refractivity (Wildman–Crippen MR) is 82.3 cm³/mol. The Bertz CT molecular complexity index is 625. The van der Waals surface area contributed by atoms with E-state index in [9.17, 15) is 17.6 Å². The molecule has 22 heavy (non-hydrogen) atoms. The maximum absolute atomic E-state index is 13.5. The summed E-state index contributed by atoms with van der Waals surface area (Å²) in [6.45, 7) is 2.46. The number of halogens is 1. The van der Waals surface area contributed by atoms with Crippen molar-refractivity contribution in [1.29, 1.82) is 0 Å². The number of nitrogens with one attached hydrogen (secondary N) is 1. The molecule has 0 aromatic heterocycles. The summed E-state index contributed by atoms with van der Waals surface area (Å²) in [5, 5.41) is 2.86. The number of rotatable bonds is 5. The van der Waals surface area contributed by atoms with Gasteiger partial charge in [-0.15, -0.1) is 0 Å². The van der Waals surface area contributed by atoms with E-state index >= 15 is 0 Å². The van der Waals surface area contributed by atoms with Gasteiger partial charge in [-0.3, -0.25) is 4.79 Å². The fraction of sp³-hybridized carbons (Fsp3) is 0.533. The van der Waals surface area contributed by atoms with Crippen LogP contribution in [0.1, 0.15) is 25.3 Å². The number of carbonyl (C=O) groups excluding carboxylic acids is 1. The van der Waals surface area contributed by atoms with Crippen molar-refractivity contribution in [1.82, 2.24) is 9.62 Å². The molecule has 0 saturated carbocycles. The van der Waals surface area contributed by atoms with Crippen LogP contribution >= 0.6 is 0 Å². The average molecular weight is 328 g/mol. The molecule has 2 rings (SSSR count). The third-order valence-corrected chi connectivity index (χ3v) is 5.77. The van der Waals surface area contributed by atoms with Crippen molar-refractivity contribution in [2.45, 2.75) is 32.2 Å². The fourth-order valence-corrected chi connectivity index (χ4v) is 3.69. The molecule has 0 aliphatic carbocycles. The van der Waals surface area contributed by atoms with Crippen LogP contribution in [0.25, 0.3) is 0 Å². The van der Waals surface area contributed by atoms with E-state index in [0.29, 0.717) is 31.5 Å². The summed E-state index contributed by atoms with van der Waals surface area (Å²) >= 11 is 0. The van der Waals surface area contributed by atoms with Crippen molar-refractivity contribution < 1.29 is 17.6 Å².